The fraction of sp³-hybridized carbons (Fsp3) is 0.857. The number of hydrogen-bond donors (Lipinski definition) is 2. The molecule has 1 aromatic rings. The van der Waals surface area contributed by atoms with E-state index in [1.165, 1.54) is 43.4 Å². The molecule has 1 atom stereocenters. The zero-order valence-electron chi connectivity index (χ0n) is 12.4. The van der Waals surface area contributed by atoms with E-state index in [4.69, 9.17) is 4.74 Å². The Kier molecular flexibility index (Phi) is 5.74. The van der Waals surface area contributed by atoms with Crippen molar-refractivity contribution in [3.8, 4) is 5.19 Å². The van der Waals surface area contributed by atoms with Gasteiger partial charge in [-0.3, -0.25) is 0 Å². The van der Waals surface area contributed by atoms with Crippen LogP contribution in [0.15, 0.2) is 0 Å². The summed E-state index contributed by atoms with van der Waals surface area (Å²) in [5.41, 5.74) is -0.224. The smallest absolute Gasteiger partial charge is 0.294 e. The van der Waals surface area contributed by atoms with Crippen molar-refractivity contribution >= 4 is 11.3 Å². The molecular weight excluding hydrogens is 274 g/mol. The van der Waals surface area contributed by atoms with Crippen molar-refractivity contribution in [2.75, 3.05) is 13.2 Å². The first kappa shape index (κ1) is 15.7. The van der Waals surface area contributed by atoms with E-state index in [1.807, 2.05) is 6.92 Å². The Morgan fingerprint density at radius 1 is 1.35 bits per heavy atom. The van der Waals surface area contributed by atoms with E-state index in [1.54, 1.807) is 0 Å². The summed E-state index contributed by atoms with van der Waals surface area (Å²) < 4.78 is 5.33. The number of nitrogens with one attached hydrogen (secondary N) is 1. The van der Waals surface area contributed by atoms with Gasteiger partial charge in [-0.05, 0) is 32.6 Å². The second-order valence-corrected chi connectivity index (χ2v) is 6.68. The number of aliphatic hydroxyl groups excluding tert-OH is 1. The van der Waals surface area contributed by atoms with Gasteiger partial charge >= 0.3 is 0 Å². The minimum atomic E-state index is -0.224. The Bertz CT molecular complexity index is 407. The van der Waals surface area contributed by atoms with E-state index < -0.39 is 0 Å². The molecule has 0 saturated heterocycles. The number of rotatable bonds is 7. The Labute approximate surface area is 124 Å². The second kappa shape index (κ2) is 7.33. The summed E-state index contributed by atoms with van der Waals surface area (Å²) in [6, 6.07) is 0. The number of hydrogen-bond acceptors (Lipinski definition) is 6. The van der Waals surface area contributed by atoms with Gasteiger partial charge in [0.1, 0.15) is 5.01 Å². The molecule has 1 heterocycles. The van der Waals surface area contributed by atoms with E-state index >= 15 is 0 Å². The highest BCUT2D eigenvalue weighted by Crippen LogP contribution is 2.32. The fourth-order valence-corrected chi connectivity index (χ4v) is 3.52. The lowest BCUT2D eigenvalue weighted by atomic mass is 9.76. The average molecular weight is 299 g/mol. The Morgan fingerprint density at radius 2 is 2.10 bits per heavy atom. The van der Waals surface area contributed by atoms with Crippen molar-refractivity contribution in [3.63, 3.8) is 0 Å². The highest BCUT2D eigenvalue weighted by atomic mass is 32.1. The molecule has 6 heteroatoms. The van der Waals surface area contributed by atoms with E-state index in [0.29, 0.717) is 24.3 Å². The predicted molar refractivity (Wildman–Crippen MR) is 80.0 cm³/mol. The molecular formula is C14H25N3O2S. The second-order valence-electron chi connectivity index (χ2n) is 5.66. The lowest BCUT2D eigenvalue weighted by Crippen LogP contribution is -2.52. The summed E-state index contributed by atoms with van der Waals surface area (Å²) in [6.07, 6.45) is 6.27. The first-order valence-electron chi connectivity index (χ1n) is 7.49. The molecule has 1 aromatic heterocycles. The highest BCUT2D eigenvalue weighted by Gasteiger charge is 2.34. The Balaban J connectivity index is 1.91. The maximum absolute atomic E-state index is 9.79. The molecule has 0 unspecified atom stereocenters. The van der Waals surface area contributed by atoms with Crippen LogP contribution in [-0.2, 0) is 6.54 Å². The van der Waals surface area contributed by atoms with Crippen molar-refractivity contribution < 1.29 is 9.84 Å². The molecule has 0 amide bonds. The van der Waals surface area contributed by atoms with Crippen LogP contribution in [0.2, 0.25) is 0 Å². The summed E-state index contributed by atoms with van der Waals surface area (Å²) in [7, 11) is 0. The molecule has 2 rings (SSSR count). The molecule has 5 nitrogen and oxygen atoms in total. The zero-order chi connectivity index (χ0) is 14.4. The standard InChI is InChI=1S/C14H25N3O2S/c1-3-19-13-17-16-12(20-13)9-15-14(2,10-18)11-7-5-4-6-8-11/h11,15,18H,3-10H2,1-2H3/t14-/m0/s1. The maximum atomic E-state index is 9.79. The average Bonchev–Trinajstić information content (AvgIpc) is 2.94. The van der Waals surface area contributed by atoms with E-state index in [9.17, 15) is 5.11 Å². The monoisotopic (exact) mass is 299 g/mol. The Morgan fingerprint density at radius 3 is 2.75 bits per heavy atom. The van der Waals surface area contributed by atoms with E-state index in [-0.39, 0.29) is 12.1 Å². The van der Waals surface area contributed by atoms with Crippen LogP contribution in [0.25, 0.3) is 0 Å². The van der Waals surface area contributed by atoms with Crippen molar-refractivity contribution in [2.45, 2.75) is 58.0 Å². The van der Waals surface area contributed by atoms with Crippen LogP contribution in [-0.4, -0.2) is 34.1 Å². The number of ether oxygens (including phenoxy) is 1. The number of aromatic nitrogens is 2. The van der Waals surface area contributed by atoms with Gasteiger partial charge in [0.15, 0.2) is 0 Å². The summed E-state index contributed by atoms with van der Waals surface area (Å²) in [5, 5.41) is 22.9. The molecule has 0 bridgehead atoms. The van der Waals surface area contributed by atoms with Crippen molar-refractivity contribution in [1.82, 2.24) is 15.5 Å². The molecule has 1 fully saturated rings. The van der Waals surface area contributed by atoms with Gasteiger partial charge in [0, 0.05) is 5.54 Å². The number of nitrogens with zero attached hydrogens (tertiary/aromatic N) is 2. The molecule has 0 radical (unpaired) electrons. The van der Waals surface area contributed by atoms with Gasteiger partial charge in [0.05, 0.1) is 19.8 Å². The third-order valence-corrected chi connectivity index (χ3v) is 5.03. The van der Waals surface area contributed by atoms with Gasteiger partial charge in [-0.2, -0.15) is 0 Å². The van der Waals surface area contributed by atoms with Gasteiger partial charge in [-0.1, -0.05) is 30.6 Å². The molecule has 2 N–H and O–H groups in total. The number of aliphatic hydroxyl groups is 1. The third kappa shape index (κ3) is 3.90. The predicted octanol–water partition coefficient (Wildman–Crippen LogP) is 2.36. The lowest BCUT2D eigenvalue weighted by Gasteiger charge is -2.39. The lowest BCUT2D eigenvalue weighted by molar-refractivity contribution is 0.0936. The maximum Gasteiger partial charge on any atom is 0.294 e. The van der Waals surface area contributed by atoms with Gasteiger partial charge in [-0.15, -0.1) is 10.2 Å². The minimum absolute atomic E-state index is 0.161. The molecule has 0 spiro atoms. The summed E-state index contributed by atoms with van der Waals surface area (Å²) in [4.78, 5) is 0. The van der Waals surface area contributed by atoms with Crippen LogP contribution in [0.1, 0.15) is 51.0 Å². The highest BCUT2D eigenvalue weighted by molar-refractivity contribution is 7.13. The largest absolute Gasteiger partial charge is 0.469 e. The van der Waals surface area contributed by atoms with Crippen LogP contribution in [0.3, 0.4) is 0 Å². The van der Waals surface area contributed by atoms with Crippen molar-refractivity contribution in [1.29, 1.82) is 0 Å². The molecule has 1 aliphatic carbocycles. The normalized spacial score (nSPS) is 19.8. The van der Waals surface area contributed by atoms with E-state index in [0.717, 1.165) is 5.01 Å². The molecule has 0 aromatic carbocycles. The van der Waals surface area contributed by atoms with Crippen LogP contribution < -0.4 is 10.1 Å². The quantitative estimate of drug-likeness (QED) is 0.809. The van der Waals surface area contributed by atoms with Crippen molar-refractivity contribution in [3.05, 3.63) is 5.01 Å². The fourth-order valence-electron chi connectivity index (χ4n) is 2.84. The van der Waals surface area contributed by atoms with Crippen LogP contribution >= 0.6 is 11.3 Å². The van der Waals surface area contributed by atoms with Crippen LogP contribution in [0.4, 0.5) is 0 Å². The molecule has 1 saturated carbocycles. The first-order valence-corrected chi connectivity index (χ1v) is 8.30. The Hall–Kier alpha value is -0.720. The summed E-state index contributed by atoms with van der Waals surface area (Å²) in [5.74, 6) is 0.542. The first-order chi connectivity index (χ1) is 9.68. The SMILES string of the molecule is CCOc1nnc(CN[C@@](C)(CO)C2CCCCC2)s1. The third-order valence-electron chi connectivity index (χ3n) is 4.19. The zero-order valence-corrected chi connectivity index (χ0v) is 13.2. The molecule has 114 valence electrons. The topological polar surface area (TPSA) is 67.3 Å². The molecule has 1 aliphatic rings. The minimum Gasteiger partial charge on any atom is -0.469 e. The van der Waals surface area contributed by atoms with Gasteiger partial charge < -0.3 is 15.2 Å². The van der Waals surface area contributed by atoms with E-state index in [2.05, 4.69) is 22.4 Å². The van der Waals surface area contributed by atoms with Gasteiger partial charge in [0.2, 0.25) is 0 Å². The van der Waals surface area contributed by atoms with Gasteiger partial charge in [-0.25, -0.2) is 0 Å². The summed E-state index contributed by atoms with van der Waals surface area (Å²) >= 11 is 1.47. The van der Waals surface area contributed by atoms with Crippen LogP contribution in [0, 0.1) is 5.92 Å². The van der Waals surface area contributed by atoms with Gasteiger partial charge in [0.25, 0.3) is 5.19 Å². The molecule has 20 heavy (non-hydrogen) atoms. The van der Waals surface area contributed by atoms with Crippen LogP contribution in [0.5, 0.6) is 5.19 Å². The summed E-state index contributed by atoms with van der Waals surface area (Å²) in [6.45, 7) is 5.46. The van der Waals surface area contributed by atoms with Crippen molar-refractivity contribution in [2.24, 2.45) is 5.92 Å². The molecule has 0 aliphatic heterocycles.